The number of hydrogen-bond donors (Lipinski definition) is 3. The third kappa shape index (κ3) is 4.51. The maximum atomic E-state index is 11.5. The minimum absolute atomic E-state index is 0.0240. The molecule has 1 aromatic rings. The highest BCUT2D eigenvalue weighted by Gasteiger charge is 2.10. The summed E-state index contributed by atoms with van der Waals surface area (Å²) in [5.41, 5.74) is 0.257. The van der Waals surface area contributed by atoms with Crippen LogP contribution in [0.3, 0.4) is 0 Å². The Labute approximate surface area is 111 Å². The van der Waals surface area contributed by atoms with Gasteiger partial charge in [-0.25, -0.2) is 0 Å². The van der Waals surface area contributed by atoms with Crippen LogP contribution in [0, 0.1) is 0 Å². The van der Waals surface area contributed by atoms with E-state index < -0.39 is 5.43 Å². The topological polar surface area (TPSA) is 85.9 Å². The van der Waals surface area contributed by atoms with Crippen molar-refractivity contribution < 1.29 is 15.3 Å². The summed E-state index contributed by atoms with van der Waals surface area (Å²) in [6, 6.07) is 1.36. The molecule has 0 amide bonds. The molecule has 0 saturated heterocycles. The first-order valence-electron chi connectivity index (χ1n) is 6.09. The van der Waals surface area contributed by atoms with E-state index in [0.717, 1.165) is 0 Å². The van der Waals surface area contributed by atoms with Crippen LogP contribution in [0.4, 0.5) is 0 Å². The largest absolute Gasteiger partial charge is 0.503 e. The molecule has 19 heavy (non-hydrogen) atoms. The number of hydrogen-bond acceptors (Lipinski definition) is 5. The lowest BCUT2D eigenvalue weighted by atomic mass is 10.3. The molecule has 0 bridgehead atoms. The van der Waals surface area contributed by atoms with Gasteiger partial charge in [-0.2, -0.15) is 0 Å². The highest BCUT2D eigenvalue weighted by molar-refractivity contribution is 5.20. The molecule has 3 N–H and O–H groups in total. The first-order chi connectivity index (χ1) is 9.12. The van der Waals surface area contributed by atoms with Gasteiger partial charge < -0.3 is 19.9 Å². The molecule has 0 spiro atoms. The van der Waals surface area contributed by atoms with Crippen molar-refractivity contribution >= 4 is 0 Å². The average Bonchev–Trinajstić information content (AvgIpc) is 2.36. The summed E-state index contributed by atoms with van der Waals surface area (Å²) in [5.74, 6) is -0.304. The molecule has 0 aliphatic rings. The van der Waals surface area contributed by atoms with E-state index in [1.807, 2.05) is 4.90 Å². The van der Waals surface area contributed by atoms with Crippen LogP contribution in [0.2, 0.25) is 0 Å². The van der Waals surface area contributed by atoms with E-state index in [1.165, 1.54) is 12.3 Å². The molecule has 0 unspecified atom stereocenters. The second kappa shape index (κ2) is 7.73. The quantitative estimate of drug-likeness (QED) is 0.555. The van der Waals surface area contributed by atoms with Gasteiger partial charge in [-0.1, -0.05) is 6.08 Å². The minimum Gasteiger partial charge on any atom is -0.503 e. The van der Waals surface area contributed by atoms with E-state index in [1.54, 1.807) is 10.6 Å². The van der Waals surface area contributed by atoms with Crippen LogP contribution < -0.4 is 5.43 Å². The maximum absolute atomic E-state index is 11.5. The zero-order valence-corrected chi connectivity index (χ0v) is 10.8. The molecule has 1 heterocycles. The number of aromatic nitrogens is 1. The molecular weight excluding hydrogens is 248 g/mol. The number of aliphatic hydroxyl groups is 2. The van der Waals surface area contributed by atoms with E-state index in [2.05, 4.69) is 6.58 Å². The Bertz CT molecular complexity index is 464. The van der Waals surface area contributed by atoms with Crippen molar-refractivity contribution in [3.8, 4) is 5.75 Å². The molecule has 6 nitrogen and oxygen atoms in total. The summed E-state index contributed by atoms with van der Waals surface area (Å²) in [6.45, 7) is 5.27. The van der Waals surface area contributed by atoms with E-state index in [0.29, 0.717) is 31.9 Å². The van der Waals surface area contributed by atoms with Gasteiger partial charge >= 0.3 is 0 Å². The van der Waals surface area contributed by atoms with Gasteiger partial charge in [-0.3, -0.25) is 9.69 Å². The monoisotopic (exact) mass is 268 g/mol. The van der Waals surface area contributed by atoms with Crippen LogP contribution in [0.25, 0.3) is 0 Å². The highest BCUT2D eigenvalue weighted by atomic mass is 16.3. The van der Waals surface area contributed by atoms with Crippen molar-refractivity contribution in [1.82, 2.24) is 9.47 Å². The molecule has 1 aromatic heterocycles. The molecule has 0 aliphatic heterocycles. The fraction of sp³-hybridized carbons (Fsp3) is 0.462. The molecule has 0 fully saturated rings. The molecule has 1 rings (SSSR count). The zero-order chi connectivity index (χ0) is 14.3. The lowest BCUT2D eigenvalue weighted by Crippen LogP contribution is -2.31. The van der Waals surface area contributed by atoms with Gasteiger partial charge in [0.2, 0.25) is 5.43 Å². The molecule has 106 valence electrons. The lowest BCUT2D eigenvalue weighted by Gasteiger charge is -2.22. The summed E-state index contributed by atoms with van der Waals surface area (Å²) < 4.78 is 1.71. The Hall–Kier alpha value is -1.63. The molecule has 0 aliphatic carbocycles. The van der Waals surface area contributed by atoms with Gasteiger partial charge in [0.05, 0.1) is 19.4 Å². The number of aromatic hydroxyl groups is 1. The smallest absolute Gasteiger partial charge is 0.223 e. The average molecular weight is 268 g/mol. The molecule has 0 atom stereocenters. The van der Waals surface area contributed by atoms with Crippen molar-refractivity contribution in [3.63, 3.8) is 0 Å². The number of allylic oxidation sites excluding steroid dienone is 1. The van der Waals surface area contributed by atoms with Crippen LogP contribution in [0.5, 0.6) is 5.75 Å². The zero-order valence-electron chi connectivity index (χ0n) is 10.8. The second-order valence-electron chi connectivity index (χ2n) is 4.18. The Kier molecular flexibility index (Phi) is 6.27. The summed E-state index contributed by atoms with van der Waals surface area (Å²) in [4.78, 5) is 13.3. The van der Waals surface area contributed by atoms with Crippen molar-refractivity contribution in [1.29, 1.82) is 0 Å². The van der Waals surface area contributed by atoms with Gasteiger partial charge in [-0.15, -0.1) is 6.58 Å². The highest BCUT2D eigenvalue weighted by Crippen LogP contribution is 2.08. The first kappa shape index (κ1) is 15.4. The van der Waals surface area contributed by atoms with Crippen LogP contribution in [0.1, 0.15) is 5.69 Å². The first-order valence-corrected chi connectivity index (χ1v) is 6.09. The van der Waals surface area contributed by atoms with Gasteiger partial charge in [-0.05, 0) is 0 Å². The number of aliphatic hydroxyl groups excluding tert-OH is 2. The van der Waals surface area contributed by atoms with Gasteiger partial charge in [0, 0.05) is 37.9 Å². The Morgan fingerprint density at radius 3 is 2.47 bits per heavy atom. The van der Waals surface area contributed by atoms with Crippen molar-refractivity contribution in [2.45, 2.75) is 13.1 Å². The van der Waals surface area contributed by atoms with Crippen molar-refractivity contribution in [2.75, 3.05) is 26.3 Å². The van der Waals surface area contributed by atoms with Crippen LogP contribution >= 0.6 is 0 Å². The predicted octanol–water partition coefficient (Wildman–Crippen LogP) is -0.474. The molecule has 0 saturated carbocycles. The number of rotatable bonds is 8. The van der Waals surface area contributed by atoms with Gasteiger partial charge in [0.15, 0.2) is 5.75 Å². The van der Waals surface area contributed by atoms with Crippen LogP contribution in [0.15, 0.2) is 29.7 Å². The third-order valence-electron chi connectivity index (χ3n) is 2.74. The van der Waals surface area contributed by atoms with Gasteiger partial charge in [0.25, 0.3) is 0 Å². The summed E-state index contributed by atoms with van der Waals surface area (Å²) in [6.07, 6.45) is 3.03. The molecular formula is C13H20N2O4. The van der Waals surface area contributed by atoms with E-state index in [9.17, 15) is 9.90 Å². The molecule has 6 heteroatoms. The van der Waals surface area contributed by atoms with Crippen molar-refractivity contribution in [2.24, 2.45) is 0 Å². The van der Waals surface area contributed by atoms with Crippen LogP contribution in [-0.2, 0) is 13.1 Å². The van der Waals surface area contributed by atoms with Crippen LogP contribution in [-0.4, -0.2) is 51.1 Å². The maximum Gasteiger partial charge on any atom is 0.223 e. The lowest BCUT2D eigenvalue weighted by molar-refractivity contribution is 0.153. The second-order valence-corrected chi connectivity index (χ2v) is 4.18. The van der Waals surface area contributed by atoms with E-state index in [4.69, 9.17) is 10.2 Å². The normalized spacial score (nSPS) is 10.9. The van der Waals surface area contributed by atoms with Gasteiger partial charge in [0.1, 0.15) is 0 Å². The Morgan fingerprint density at radius 1 is 1.32 bits per heavy atom. The molecule has 0 aromatic carbocycles. The predicted molar refractivity (Wildman–Crippen MR) is 72.0 cm³/mol. The Balaban J connectivity index is 2.99. The fourth-order valence-electron chi connectivity index (χ4n) is 1.83. The number of nitrogens with zero attached hydrogens (tertiary/aromatic N) is 2. The third-order valence-corrected chi connectivity index (χ3v) is 2.74. The fourth-order valence-corrected chi connectivity index (χ4v) is 1.83. The van der Waals surface area contributed by atoms with E-state index in [-0.39, 0.29) is 19.0 Å². The Morgan fingerprint density at radius 2 is 1.95 bits per heavy atom. The minimum atomic E-state index is -0.441. The summed E-state index contributed by atoms with van der Waals surface area (Å²) in [7, 11) is 0. The number of pyridine rings is 1. The summed E-state index contributed by atoms with van der Waals surface area (Å²) in [5, 5.41) is 27.4. The van der Waals surface area contributed by atoms with E-state index >= 15 is 0 Å². The standard InChI is InChI=1S/C13H20N2O4/c1-2-3-15-10-13(19)12(18)8-11(15)9-14(4-6-16)5-7-17/h2,8,10,16-17,19H,1,3-7,9H2. The summed E-state index contributed by atoms with van der Waals surface area (Å²) >= 11 is 0. The SMILES string of the molecule is C=CCn1cc(O)c(=O)cc1CN(CCO)CCO. The van der Waals surface area contributed by atoms with Crippen molar-refractivity contribution in [3.05, 3.63) is 40.8 Å². The molecule has 0 radical (unpaired) electrons.